The molecule has 0 unspecified atom stereocenters. The summed E-state index contributed by atoms with van der Waals surface area (Å²) < 4.78 is 4.64. The van der Waals surface area contributed by atoms with Crippen LogP contribution in [0, 0.1) is 0 Å². The lowest BCUT2D eigenvalue weighted by Crippen LogP contribution is -2.41. The second-order valence-corrected chi connectivity index (χ2v) is 5.56. The van der Waals surface area contributed by atoms with Crippen LogP contribution in [-0.4, -0.2) is 30.4 Å². The van der Waals surface area contributed by atoms with E-state index in [4.69, 9.17) is 0 Å². The first-order valence-electron chi connectivity index (χ1n) is 6.51. The van der Waals surface area contributed by atoms with Crippen LogP contribution >= 0.6 is 0 Å². The number of carbonyl (C=O) groups is 3. The lowest BCUT2D eigenvalue weighted by Gasteiger charge is -2.20. The molecular formula is C15H20N2O4. The van der Waals surface area contributed by atoms with Gasteiger partial charge in [0.2, 0.25) is 11.8 Å². The molecule has 6 nitrogen and oxygen atoms in total. The van der Waals surface area contributed by atoms with Crippen molar-refractivity contribution in [3.8, 4) is 0 Å². The van der Waals surface area contributed by atoms with Gasteiger partial charge in [-0.1, -0.05) is 12.1 Å². The number of benzene rings is 1. The molecule has 1 aromatic rings. The number of methoxy groups -OCH3 is 1. The van der Waals surface area contributed by atoms with E-state index >= 15 is 0 Å². The highest BCUT2D eigenvalue weighted by atomic mass is 16.5. The number of anilines is 1. The Kier molecular flexibility index (Phi) is 5.46. The summed E-state index contributed by atoms with van der Waals surface area (Å²) >= 11 is 0. The van der Waals surface area contributed by atoms with Gasteiger partial charge in [-0.25, -0.2) is 4.79 Å². The molecule has 2 N–H and O–H groups in total. The number of rotatable bonds is 4. The molecule has 21 heavy (non-hydrogen) atoms. The molecule has 0 spiro atoms. The quantitative estimate of drug-likeness (QED) is 0.653. The average Bonchev–Trinajstić information content (AvgIpc) is 2.35. The van der Waals surface area contributed by atoms with Crippen LogP contribution in [0.3, 0.4) is 0 Å². The molecular weight excluding hydrogens is 272 g/mol. The molecule has 0 heterocycles. The summed E-state index contributed by atoms with van der Waals surface area (Å²) in [6, 6.07) is 6.45. The molecule has 0 aliphatic carbocycles. The van der Waals surface area contributed by atoms with Gasteiger partial charge in [0.15, 0.2) is 0 Å². The Balaban J connectivity index is 2.72. The van der Waals surface area contributed by atoms with Gasteiger partial charge in [-0.2, -0.15) is 0 Å². The Morgan fingerprint density at radius 1 is 1.10 bits per heavy atom. The fourth-order valence-corrected chi connectivity index (χ4v) is 1.68. The van der Waals surface area contributed by atoms with E-state index in [-0.39, 0.29) is 17.9 Å². The van der Waals surface area contributed by atoms with Crippen molar-refractivity contribution in [2.75, 3.05) is 12.4 Å². The maximum atomic E-state index is 11.8. The number of ether oxygens (including phenoxy) is 1. The first-order valence-corrected chi connectivity index (χ1v) is 6.51. The largest absolute Gasteiger partial charge is 0.465 e. The van der Waals surface area contributed by atoms with Crippen molar-refractivity contribution in [2.24, 2.45) is 0 Å². The molecule has 0 bridgehead atoms. The predicted molar refractivity (Wildman–Crippen MR) is 78.9 cm³/mol. The van der Waals surface area contributed by atoms with Gasteiger partial charge in [-0.15, -0.1) is 0 Å². The van der Waals surface area contributed by atoms with Crippen LogP contribution in [0.25, 0.3) is 0 Å². The monoisotopic (exact) mass is 292 g/mol. The fourth-order valence-electron chi connectivity index (χ4n) is 1.68. The van der Waals surface area contributed by atoms with Crippen molar-refractivity contribution >= 4 is 23.5 Å². The summed E-state index contributed by atoms with van der Waals surface area (Å²) in [5.74, 6) is -1.42. The van der Waals surface area contributed by atoms with E-state index in [1.165, 1.54) is 13.2 Å². The van der Waals surface area contributed by atoms with Crippen molar-refractivity contribution in [3.63, 3.8) is 0 Å². The minimum Gasteiger partial charge on any atom is -0.465 e. The summed E-state index contributed by atoms with van der Waals surface area (Å²) in [7, 11) is 1.26. The number of para-hydroxylation sites is 1. The van der Waals surface area contributed by atoms with Crippen molar-refractivity contribution in [1.29, 1.82) is 0 Å². The first-order chi connectivity index (χ1) is 9.73. The molecule has 0 saturated carbocycles. The minimum atomic E-state index is -0.551. The third-order valence-corrected chi connectivity index (χ3v) is 2.44. The maximum absolute atomic E-state index is 11.8. The molecule has 6 heteroatoms. The van der Waals surface area contributed by atoms with E-state index in [1.807, 2.05) is 20.8 Å². The number of nitrogens with one attached hydrogen (secondary N) is 2. The Bertz CT molecular complexity index is 547. The third kappa shape index (κ3) is 5.64. The molecule has 1 rings (SSSR count). The van der Waals surface area contributed by atoms with Crippen LogP contribution in [-0.2, 0) is 14.3 Å². The third-order valence-electron chi connectivity index (χ3n) is 2.44. The molecule has 0 aliphatic heterocycles. The molecule has 0 atom stereocenters. The van der Waals surface area contributed by atoms with Crippen molar-refractivity contribution in [2.45, 2.75) is 32.7 Å². The summed E-state index contributed by atoms with van der Waals surface area (Å²) in [6.45, 7) is 5.49. The van der Waals surface area contributed by atoms with Gasteiger partial charge in [0, 0.05) is 5.54 Å². The highest BCUT2D eigenvalue weighted by molar-refractivity contribution is 6.06. The van der Waals surface area contributed by atoms with Gasteiger partial charge in [0.25, 0.3) is 0 Å². The van der Waals surface area contributed by atoms with E-state index in [2.05, 4.69) is 15.4 Å². The number of amides is 2. The van der Waals surface area contributed by atoms with E-state index in [0.717, 1.165) is 0 Å². The molecule has 0 aliphatic rings. The Morgan fingerprint density at radius 2 is 1.71 bits per heavy atom. The van der Waals surface area contributed by atoms with E-state index in [9.17, 15) is 14.4 Å². The minimum absolute atomic E-state index is 0.240. The average molecular weight is 292 g/mol. The van der Waals surface area contributed by atoms with E-state index < -0.39 is 17.4 Å². The fraction of sp³-hybridized carbons (Fsp3) is 0.400. The van der Waals surface area contributed by atoms with Crippen LogP contribution in [0.1, 0.15) is 37.6 Å². The Labute approximate surface area is 123 Å². The second kappa shape index (κ2) is 6.88. The zero-order chi connectivity index (χ0) is 16.0. The Hall–Kier alpha value is -2.37. The zero-order valence-electron chi connectivity index (χ0n) is 12.6. The summed E-state index contributed by atoms with van der Waals surface area (Å²) in [4.78, 5) is 35.1. The van der Waals surface area contributed by atoms with Crippen LogP contribution in [0.5, 0.6) is 0 Å². The molecule has 0 fully saturated rings. The summed E-state index contributed by atoms with van der Waals surface area (Å²) in [5.41, 5.74) is 0.156. The second-order valence-electron chi connectivity index (χ2n) is 5.56. The van der Waals surface area contributed by atoms with Gasteiger partial charge >= 0.3 is 5.97 Å². The lowest BCUT2D eigenvalue weighted by atomic mass is 10.1. The van der Waals surface area contributed by atoms with Gasteiger partial charge in [-0.05, 0) is 32.9 Å². The van der Waals surface area contributed by atoms with Crippen LogP contribution < -0.4 is 10.6 Å². The van der Waals surface area contributed by atoms with Crippen molar-refractivity contribution in [1.82, 2.24) is 5.32 Å². The van der Waals surface area contributed by atoms with Crippen molar-refractivity contribution < 1.29 is 19.1 Å². The van der Waals surface area contributed by atoms with E-state index in [0.29, 0.717) is 5.69 Å². The van der Waals surface area contributed by atoms with Gasteiger partial charge in [0.1, 0.15) is 6.42 Å². The first kappa shape index (κ1) is 16.7. The molecule has 0 saturated heterocycles. The molecule has 0 radical (unpaired) electrons. The Morgan fingerprint density at radius 3 is 2.29 bits per heavy atom. The van der Waals surface area contributed by atoms with Crippen molar-refractivity contribution in [3.05, 3.63) is 29.8 Å². The number of carbonyl (C=O) groups excluding carboxylic acids is 3. The number of hydrogen-bond acceptors (Lipinski definition) is 4. The molecule has 0 aromatic heterocycles. The highest BCUT2D eigenvalue weighted by Gasteiger charge is 2.18. The van der Waals surface area contributed by atoms with Gasteiger partial charge in [0.05, 0.1) is 18.4 Å². The summed E-state index contributed by atoms with van der Waals surface area (Å²) in [5, 5.41) is 5.23. The van der Waals surface area contributed by atoms with Crippen LogP contribution in [0.2, 0.25) is 0 Å². The standard InChI is InChI=1S/C15H20N2O4/c1-15(2,3)17-13(19)9-12(18)16-11-8-6-5-7-10(11)14(20)21-4/h5-8H,9H2,1-4H3,(H,16,18)(H,17,19). The lowest BCUT2D eigenvalue weighted by molar-refractivity contribution is -0.127. The van der Waals surface area contributed by atoms with E-state index in [1.54, 1.807) is 18.2 Å². The normalized spacial score (nSPS) is 10.7. The molecule has 1 aromatic carbocycles. The maximum Gasteiger partial charge on any atom is 0.339 e. The highest BCUT2D eigenvalue weighted by Crippen LogP contribution is 2.16. The smallest absolute Gasteiger partial charge is 0.339 e. The summed E-state index contributed by atoms with van der Waals surface area (Å²) in [6.07, 6.45) is -0.313. The van der Waals surface area contributed by atoms with Crippen LogP contribution in [0.15, 0.2) is 24.3 Å². The molecule has 2 amide bonds. The molecule has 114 valence electrons. The predicted octanol–water partition coefficient (Wildman–Crippen LogP) is 1.72. The zero-order valence-corrected chi connectivity index (χ0v) is 12.6. The van der Waals surface area contributed by atoms with Gasteiger partial charge < -0.3 is 15.4 Å². The topological polar surface area (TPSA) is 84.5 Å². The SMILES string of the molecule is COC(=O)c1ccccc1NC(=O)CC(=O)NC(C)(C)C. The number of esters is 1. The van der Waals surface area contributed by atoms with Gasteiger partial charge in [-0.3, -0.25) is 9.59 Å². The van der Waals surface area contributed by atoms with Crippen LogP contribution in [0.4, 0.5) is 5.69 Å². The number of hydrogen-bond donors (Lipinski definition) is 2.